The third kappa shape index (κ3) is 3.39. The van der Waals surface area contributed by atoms with Crippen LogP contribution in [0.1, 0.15) is 23.5 Å². The number of benzene rings is 2. The predicted molar refractivity (Wildman–Crippen MR) is 85.5 cm³/mol. The second-order valence-corrected chi connectivity index (χ2v) is 5.52. The highest BCUT2D eigenvalue weighted by Crippen LogP contribution is 2.34. The molecule has 2 N–H and O–H groups in total. The molecule has 4 nitrogen and oxygen atoms in total. The molecule has 5 heteroatoms. The van der Waals surface area contributed by atoms with Gasteiger partial charge in [0.1, 0.15) is 5.82 Å². The van der Waals surface area contributed by atoms with Crippen molar-refractivity contribution in [2.24, 2.45) is 0 Å². The van der Waals surface area contributed by atoms with Crippen molar-refractivity contribution in [1.29, 1.82) is 0 Å². The Balaban J connectivity index is 1.54. The first kappa shape index (κ1) is 15.2. The monoisotopic (exact) mass is 312 g/mol. The van der Waals surface area contributed by atoms with Gasteiger partial charge in [0.25, 0.3) is 0 Å². The first-order valence-electron chi connectivity index (χ1n) is 7.55. The van der Waals surface area contributed by atoms with E-state index in [4.69, 9.17) is 0 Å². The molecular formula is C18H17FN2O2. The predicted octanol–water partition coefficient (Wildman–Crippen LogP) is 2.61. The van der Waals surface area contributed by atoms with Crippen molar-refractivity contribution in [2.75, 3.05) is 11.9 Å². The number of carbonyl (C=O) groups excluding carboxylic acids is 2. The average molecular weight is 312 g/mol. The van der Waals surface area contributed by atoms with Gasteiger partial charge in [-0.2, -0.15) is 0 Å². The van der Waals surface area contributed by atoms with Gasteiger partial charge >= 0.3 is 0 Å². The zero-order chi connectivity index (χ0) is 16.2. The number of hydrogen-bond acceptors (Lipinski definition) is 2. The van der Waals surface area contributed by atoms with Crippen LogP contribution in [-0.4, -0.2) is 18.4 Å². The molecule has 2 aromatic carbocycles. The number of fused-ring (bicyclic) bond motifs is 1. The number of amides is 2. The minimum atomic E-state index is -0.459. The van der Waals surface area contributed by atoms with Crippen molar-refractivity contribution < 1.29 is 14.0 Å². The van der Waals surface area contributed by atoms with Gasteiger partial charge in [0.15, 0.2) is 0 Å². The van der Waals surface area contributed by atoms with Gasteiger partial charge in [0, 0.05) is 18.7 Å². The van der Waals surface area contributed by atoms with Crippen LogP contribution in [0.4, 0.5) is 10.1 Å². The van der Waals surface area contributed by atoms with Crippen LogP contribution in [0.25, 0.3) is 0 Å². The summed E-state index contributed by atoms with van der Waals surface area (Å²) in [5, 5.41) is 5.52. The molecular weight excluding hydrogens is 295 g/mol. The van der Waals surface area contributed by atoms with Crippen LogP contribution in [0.3, 0.4) is 0 Å². The van der Waals surface area contributed by atoms with Crippen molar-refractivity contribution in [3.8, 4) is 0 Å². The molecule has 0 fully saturated rings. The Bertz CT molecular complexity index is 745. The van der Waals surface area contributed by atoms with Gasteiger partial charge in [0.05, 0.1) is 5.92 Å². The zero-order valence-corrected chi connectivity index (χ0v) is 12.5. The van der Waals surface area contributed by atoms with Gasteiger partial charge in [-0.1, -0.05) is 36.4 Å². The average Bonchev–Trinajstić information content (AvgIpc) is 2.85. The Morgan fingerprint density at radius 2 is 1.87 bits per heavy atom. The van der Waals surface area contributed by atoms with Gasteiger partial charge < -0.3 is 10.6 Å². The van der Waals surface area contributed by atoms with Crippen LogP contribution in [0, 0.1) is 5.82 Å². The fraction of sp³-hybridized carbons (Fsp3) is 0.222. The summed E-state index contributed by atoms with van der Waals surface area (Å²) in [6.45, 7) is 0.343. The fourth-order valence-corrected chi connectivity index (χ4v) is 2.77. The van der Waals surface area contributed by atoms with Crippen molar-refractivity contribution >= 4 is 17.5 Å². The first-order chi connectivity index (χ1) is 11.1. The number of anilines is 1. The van der Waals surface area contributed by atoms with Gasteiger partial charge in [0.2, 0.25) is 11.8 Å². The van der Waals surface area contributed by atoms with E-state index >= 15 is 0 Å². The highest BCUT2D eigenvalue weighted by atomic mass is 19.1. The van der Waals surface area contributed by atoms with E-state index < -0.39 is 5.92 Å². The number of rotatable bonds is 5. The lowest BCUT2D eigenvalue weighted by Crippen LogP contribution is -2.28. The van der Waals surface area contributed by atoms with Gasteiger partial charge in [-0.05, 0) is 29.7 Å². The smallest absolute Gasteiger partial charge is 0.232 e. The SMILES string of the molecule is O=C(CC1C(=O)Nc2ccccc21)NCCc1ccccc1F. The Kier molecular flexibility index (Phi) is 4.37. The van der Waals surface area contributed by atoms with Crippen LogP contribution in [-0.2, 0) is 16.0 Å². The molecule has 0 aromatic heterocycles. The topological polar surface area (TPSA) is 58.2 Å². The highest BCUT2D eigenvalue weighted by molar-refractivity contribution is 6.04. The molecule has 1 aliphatic heterocycles. The molecule has 0 saturated heterocycles. The van der Waals surface area contributed by atoms with Gasteiger partial charge in [-0.3, -0.25) is 9.59 Å². The molecule has 0 spiro atoms. The summed E-state index contributed by atoms with van der Waals surface area (Å²) < 4.78 is 13.5. The third-order valence-corrected chi connectivity index (χ3v) is 3.97. The maximum Gasteiger partial charge on any atom is 0.232 e. The molecule has 3 rings (SSSR count). The van der Waals surface area contributed by atoms with Crippen LogP contribution >= 0.6 is 0 Å². The van der Waals surface area contributed by atoms with Crippen LogP contribution in [0.15, 0.2) is 48.5 Å². The van der Waals surface area contributed by atoms with E-state index in [0.29, 0.717) is 18.5 Å². The molecule has 0 bridgehead atoms. The third-order valence-electron chi connectivity index (χ3n) is 3.97. The molecule has 1 unspecified atom stereocenters. The Morgan fingerprint density at radius 1 is 1.13 bits per heavy atom. The molecule has 2 aromatic rings. The Hall–Kier alpha value is -2.69. The molecule has 1 aliphatic rings. The number of nitrogens with one attached hydrogen (secondary N) is 2. The quantitative estimate of drug-likeness (QED) is 0.891. The Morgan fingerprint density at radius 3 is 2.70 bits per heavy atom. The van der Waals surface area contributed by atoms with E-state index in [2.05, 4.69) is 10.6 Å². The standard InChI is InChI=1S/C18H17FN2O2/c19-15-7-3-1-5-12(15)9-10-20-17(22)11-14-13-6-2-4-8-16(13)21-18(14)23/h1-8,14H,9-11H2,(H,20,22)(H,21,23). The maximum absolute atomic E-state index is 13.5. The van der Waals surface area contributed by atoms with Gasteiger partial charge in [-0.25, -0.2) is 4.39 Å². The summed E-state index contributed by atoms with van der Waals surface area (Å²) in [7, 11) is 0. The summed E-state index contributed by atoms with van der Waals surface area (Å²) in [4.78, 5) is 24.0. The van der Waals surface area contributed by atoms with Crippen molar-refractivity contribution in [1.82, 2.24) is 5.32 Å². The van der Waals surface area contributed by atoms with Crippen molar-refractivity contribution in [3.05, 3.63) is 65.5 Å². The molecule has 1 heterocycles. The second-order valence-electron chi connectivity index (χ2n) is 5.52. The molecule has 2 amide bonds. The van der Waals surface area contributed by atoms with E-state index in [1.165, 1.54) is 6.07 Å². The summed E-state index contributed by atoms with van der Waals surface area (Å²) in [5.74, 6) is -1.10. The number of hydrogen-bond donors (Lipinski definition) is 2. The second kappa shape index (κ2) is 6.60. The molecule has 0 radical (unpaired) electrons. The largest absolute Gasteiger partial charge is 0.356 e. The van der Waals surface area contributed by atoms with Crippen molar-refractivity contribution in [3.63, 3.8) is 0 Å². The number of carbonyl (C=O) groups is 2. The normalized spacial score (nSPS) is 15.9. The minimum absolute atomic E-state index is 0.0973. The van der Waals surface area contributed by atoms with Crippen LogP contribution < -0.4 is 10.6 Å². The highest BCUT2D eigenvalue weighted by Gasteiger charge is 2.31. The van der Waals surface area contributed by atoms with Crippen LogP contribution in [0.2, 0.25) is 0 Å². The van der Waals surface area contributed by atoms with Crippen molar-refractivity contribution in [2.45, 2.75) is 18.8 Å². The number of para-hydroxylation sites is 1. The molecule has 118 valence electrons. The maximum atomic E-state index is 13.5. The fourth-order valence-electron chi connectivity index (χ4n) is 2.77. The first-order valence-corrected chi connectivity index (χ1v) is 7.55. The lowest BCUT2D eigenvalue weighted by Gasteiger charge is -2.10. The van der Waals surface area contributed by atoms with E-state index in [9.17, 15) is 14.0 Å². The lowest BCUT2D eigenvalue weighted by atomic mass is 9.97. The molecule has 0 saturated carbocycles. The molecule has 1 atom stereocenters. The number of halogens is 1. The summed E-state index contributed by atoms with van der Waals surface area (Å²) in [5.41, 5.74) is 2.18. The molecule has 0 aliphatic carbocycles. The van der Waals surface area contributed by atoms with E-state index in [-0.39, 0.29) is 24.1 Å². The van der Waals surface area contributed by atoms with Crippen LogP contribution in [0.5, 0.6) is 0 Å². The summed E-state index contributed by atoms with van der Waals surface area (Å²) in [6.07, 6.45) is 0.520. The summed E-state index contributed by atoms with van der Waals surface area (Å²) in [6, 6.07) is 13.9. The van der Waals surface area contributed by atoms with E-state index in [0.717, 1.165) is 11.3 Å². The summed E-state index contributed by atoms with van der Waals surface area (Å²) >= 11 is 0. The van der Waals surface area contributed by atoms with Gasteiger partial charge in [-0.15, -0.1) is 0 Å². The van der Waals surface area contributed by atoms with E-state index in [1.54, 1.807) is 18.2 Å². The zero-order valence-electron chi connectivity index (χ0n) is 12.5. The molecule has 23 heavy (non-hydrogen) atoms. The minimum Gasteiger partial charge on any atom is -0.356 e. The lowest BCUT2D eigenvalue weighted by molar-refractivity contribution is -0.125. The Labute approximate surface area is 133 Å². The van der Waals surface area contributed by atoms with E-state index in [1.807, 2.05) is 24.3 Å².